The summed E-state index contributed by atoms with van der Waals surface area (Å²) in [5, 5.41) is 2.82. The minimum absolute atomic E-state index is 0.114. The number of nitrogens with zero attached hydrogens (tertiary/aromatic N) is 1. The fourth-order valence-corrected chi connectivity index (χ4v) is 2.91. The number of amides is 1. The number of hydrogen-bond acceptors (Lipinski definition) is 5. The van der Waals surface area contributed by atoms with Crippen LogP contribution in [-0.2, 0) is 11.3 Å². The summed E-state index contributed by atoms with van der Waals surface area (Å²) in [5.41, 5.74) is 3.21. The van der Waals surface area contributed by atoms with E-state index in [1.165, 1.54) is 18.1 Å². The van der Waals surface area contributed by atoms with E-state index in [2.05, 4.69) is 24.4 Å². The van der Waals surface area contributed by atoms with E-state index in [-0.39, 0.29) is 25.0 Å². The molecule has 1 heterocycles. The Hall–Kier alpha value is -2.86. The summed E-state index contributed by atoms with van der Waals surface area (Å²) in [5.74, 6) is 0.706. The molecule has 0 unspecified atom stereocenters. The van der Waals surface area contributed by atoms with Gasteiger partial charge in [0.25, 0.3) is 0 Å². The van der Waals surface area contributed by atoms with Crippen molar-refractivity contribution >= 4 is 17.4 Å². The van der Waals surface area contributed by atoms with Gasteiger partial charge in [-0.2, -0.15) is 0 Å². The van der Waals surface area contributed by atoms with E-state index >= 15 is 0 Å². The molecule has 0 saturated heterocycles. The van der Waals surface area contributed by atoms with Gasteiger partial charge in [-0.15, -0.1) is 0 Å². The molecule has 0 spiro atoms. The molecule has 1 aliphatic heterocycles. The lowest BCUT2D eigenvalue weighted by atomic mass is 10.1. The second-order valence-corrected chi connectivity index (χ2v) is 6.45. The van der Waals surface area contributed by atoms with E-state index in [1.807, 2.05) is 24.1 Å². The number of carbonyl (C=O) groups is 2. The second-order valence-electron chi connectivity index (χ2n) is 6.45. The molecule has 2 aromatic rings. The molecule has 136 valence electrons. The summed E-state index contributed by atoms with van der Waals surface area (Å²) in [6, 6.07) is 11.3. The lowest BCUT2D eigenvalue weighted by Crippen LogP contribution is -2.30. The topological polar surface area (TPSA) is 67.9 Å². The second kappa shape index (κ2) is 7.58. The predicted octanol–water partition coefficient (Wildman–Crippen LogP) is 3.00. The smallest absolute Gasteiger partial charge is 0.238 e. The minimum atomic E-state index is -0.192. The van der Waals surface area contributed by atoms with Gasteiger partial charge < -0.3 is 14.8 Å². The van der Waals surface area contributed by atoms with Gasteiger partial charge in [-0.25, -0.2) is 0 Å². The van der Waals surface area contributed by atoms with Crippen LogP contribution in [0.5, 0.6) is 11.5 Å². The predicted molar refractivity (Wildman–Crippen MR) is 98.7 cm³/mol. The summed E-state index contributed by atoms with van der Waals surface area (Å²) in [6.07, 6.45) is 0. The quantitative estimate of drug-likeness (QED) is 0.808. The number of ether oxygens (including phenoxy) is 2. The first-order chi connectivity index (χ1) is 12.4. The van der Waals surface area contributed by atoms with E-state index in [0.29, 0.717) is 29.3 Å². The van der Waals surface area contributed by atoms with Gasteiger partial charge in [-0.3, -0.25) is 14.5 Å². The largest absolute Gasteiger partial charge is 0.454 e. The molecule has 2 aromatic carbocycles. The maximum absolute atomic E-state index is 12.4. The van der Waals surface area contributed by atoms with Gasteiger partial charge in [-0.05, 0) is 38.1 Å². The van der Waals surface area contributed by atoms with Crippen molar-refractivity contribution in [1.82, 2.24) is 4.90 Å². The maximum Gasteiger partial charge on any atom is 0.238 e. The molecule has 26 heavy (non-hydrogen) atoms. The Bertz CT molecular complexity index is 848. The third kappa shape index (κ3) is 4.03. The fourth-order valence-electron chi connectivity index (χ4n) is 2.91. The lowest BCUT2D eigenvalue weighted by Gasteiger charge is -2.18. The minimum Gasteiger partial charge on any atom is -0.454 e. The van der Waals surface area contributed by atoms with Crippen LogP contribution in [0.15, 0.2) is 36.4 Å². The molecule has 0 bridgehead atoms. The zero-order chi connectivity index (χ0) is 18.7. The maximum atomic E-state index is 12.4. The van der Waals surface area contributed by atoms with Crippen molar-refractivity contribution in [1.29, 1.82) is 0 Å². The number of Topliss-reactive ketones (excluding diaryl/α,β-unsaturated/α-hetero) is 1. The molecule has 0 aliphatic carbocycles. The van der Waals surface area contributed by atoms with Crippen LogP contribution < -0.4 is 14.8 Å². The number of likely N-dealkylation sites (N-methyl/N-ethyl adjacent to an activating group) is 1. The number of hydrogen-bond donors (Lipinski definition) is 1. The molecule has 1 N–H and O–H groups in total. The van der Waals surface area contributed by atoms with Crippen molar-refractivity contribution in [3.63, 3.8) is 0 Å². The van der Waals surface area contributed by atoms with E-state index in [1.54, 1.807) is 12.1 Å². The normalized spacial score (nSPS) is 12.3. The van der Waals surface area contributed by atoms with Crippen molar-refractivity contribution in [3.8, 4) is 11.5 Å². The summed E-state index contributed by atoms with van der Waals surface area (Å²) in [7, 11) is 1.89. The molecule has 0 aromatic heterocycles. The van der Waals surface area contributed by atoms with Crippen LogP contribution in [0.2, 0.25) is 0 Å². The number of aryl methyl sites for hydroxylation is 1. The van der Waals surface area contributed by atoms with E-state index < -0.39 is 0 Å². The Balaban J connectivity index is 1.68. The van der Waals surface area contributed by atoms with Gasteiger partial charge >= 0.3 is 0 Å². The highest BCUT2D eigenvalue weighted by Gasteiger charge is 2.20. The monoisotopic (exact) mass is 354 g/mol. The highest BCUT2D eigenvalue weighted by molar-refractivity contribution is 6.05. The number of carbonyl (C=O) groups excluding carboxylic acids is 2. The highest BCUT2D eigenvalue weighted by Crippen LogP contribution is 2.37. The highest BCUT2D eigenvalue weighted by atomic mass is 16.7. The van der Waals surface area contributed by atoms with Crippen LogP contribution in [0.25, 0.3) is 0 Å². The van der Waals surface area contributed by atoms with E-state index in [0.717, 1.165) is 0 Å². The summed E-state index contributed by atoms with van der Waals surface area (Å²) >= 11 is 0. The molecule has 6 heteroatoms. The van der Waals surface area contributed by atoms with Gasteiger partial charge in [0.2, 0.25) is 12.7 Å². The summed E-state index contributed by atoms with van der Waals surface area (Å²) < 4.78 is 10.6. The fraction of sp³-hybridized carbons (Fsp3) is 0.300. The SMILES string of the molecule is CC(=O)c1cc2c(cc1NC(=O)CN(C)Cc1ccccc1C)OCO2. The Labute approximate surface area is 152 Å². The van der Waals surface area contributed by atoms with Crippen LogP contribution in [0.1, 0.15) is 28.4 Å². The van der Waals surface area contributed by atoms with Crippen LogP contribution in [0.4, 0.5) is 5.69 Å². The number of rotatable bonds is 6. The Morgan fingerprint density at radius 2 is 1.85 bits per heavy atom. The Kier molecular flexibility index (Phi) is 5.23. The molecule has 0 saturated carbocycles. The first kappa shape index (κ1) is 17.9. The molecule has 1 aliphatic rings. The molecule has 6 nitrogen and oxygen atoms in total. The van der Waals surface area contributed by atoms with Crippen LogP contribution in [-0.4, -0.2) is 37.0 Å². The van der Waals surface area contributed by atoms with Gasteiger partial charge in [0, 0.05) is 18.2 Å². The molecule has 3 rings (SSSR count). The van der Waals surface area contributed by atoms with Gasteiger partial charge in [-0.1, -0.05) is 24.3 Å². The summed E-state index contributed by atoms with van der Waals surface area (Å²) in [6.45, 7) is 4.50. The molecule has 1 amide bonds. The van der Waals surface area contributed by atoms with Crippen molar-refractivity contribution < 1.29 is 19.1 Å². The average molecular weight is 354 g/mol. The van der Waals surface area contributed by atoms with Crippen LogP contribution in [0.3, 0.4) is 0 Å². The molecular formula is C20H22N2O4. The zero-order valence-corrected chi connectivity index (χ0v) is 15.2. The molecule has 0 atom stereocenters. The molecular weight excluding hydrogens is 332 g/mol. The number of ketones is 1. The molecule has 0 fully saturated rings. The first-order valence-electron chi connectivity index (χ1n) is 8.41. The standard InChI is InChI=1S/C20H22N2O4/c1-13-6-4-5-7-15(13)10-22(3)11-20(24)21-17-9-19-18(25-12-26-19)8-16(17)14(2)23/h4-9H,10-12H2,1-3H3,(H,21,24). The lowest BCUT2D eigenvalue weighted by molar-refractivity contribution is -0.117. The number of nitrogens with one attached hydrogen (secondary N) is 1. The number of fused-ring (bicyclic) bond motifs is 1. The number of benzene rings is 2. The van der Waals surface area contributed by atoms with Crippen molar-refractivity contribution in [3.05, 3.63) is 53.1 Å². The molecule has 0 radical (unpaired) electrons. The van der Waals surface area contributed by atoms with Gasteiger partial charge in [0.05, 0.1) is 12.2 Å². The number of anilines is 1. The van der Waals surface area contributed by atoms with Crippen molar-refractivity contribution in [2.45, 2.75) is 20.4 Å². The third-order valence-electron chi connectivity index (χ3n) is 4.28. The third-order valence-corrected chi connectivity index (χ3v) is 4.28. The zero-order valence-electron chi connectivity index (χ0n) is 15.2. The van der Waals surface area contributed by atoms with Gasteiger partial charge in [0.15, 0.2) is 17.3 Å². The Morgan fingerprint density at radius 1 is 1.15 bits per heavy atom. The first-order valence-corrected chi connectivity index (χ1v) is 8.41. The van der Waals surface area contributed by atoms with Crippen molar-refractivity contribution in [2.75, 3.05) is 25.7 Å². The van der Waals surface area contributed by atoms with Crippen LogP contribution >= 0.6 is 0 Å². The van der Waals surface area contributed by atoms with E-state index in [4.69, 9.17) is 9.47 Å². The summed E-state index contributed by atoms with van der Waals surface area (Å²) in [4.78, 5) is 26.3. The van der Waals surface area contributed by atoms with Crippen molar-refractivity contribution in [2.24, 2.45) is 0 Å². The average Bonchev–Trinajstić information content (AvgIpc) is 3.03. The van der Waals surface area contributed by atoms with Crippen LogP contribution in [0, 0.1) is 6.92 Å². The van der Waals surface area contributed by atoms with Gasteiger partial charge in [0.1, 0.15) is 0 Å². The Morgan fingerprint density at radius 3 is 2.54 bits per heavy atom. The van der Waals surface area contributed by atoms with E-state index in [9.17, 15) is 9.59 Å².